The van der Waals surface area contributed by atoms with Crippen molar-refractivity contribution in [3.05, 3.63) is 48.6 Å². The maximum Gasteiger partial charge on any atom is 0.306 e. The van der Waals surface area contributed by atoms with Crippen LogP contribution in [0.4, 0.5) is 0 Å². The third-order valence-corrected chi connectivity index (χ3v) is 10.7. The summed E-state index contributed by atoms with van der Waals surface area (Å²) in [6.07, 6.45) is 49.9. The van der Waals surface area contributed by atoms with Gasteiger partial charge in [0.1, 0.15) is 12.6 Å². The van der Waals surface area contributed by atoms with Crippen LogP contribution in [0.1, 0.15) is 206 Å². The summed E-state index contributed by atoms with van der Waals surface area (Å²) < 4.78 is 17.2. The van der Waals surface area contributed by atoms with Crippen molar-refractivity contribution in [1.29, 1.82) is 0 Å². The van der Waals surface area contributed by atoms with Crippen LogP contribution < -0.4 is 5.11 Å². The van der Waals surface area contributed by atoms with Crippen molar-refractivity contribution in [2.24, 2.45) is 0 Å². The Morgan fingerprint density at radius 3 is 1.41 bits per heavy atom. The Morgan fingerprint density at radius 1 is 0.525 bits per heavy atom. The number of likely N-dealkylation sites (N-methyl/N-ethyl adjacent to an activating group) is 1. The highest BCUT2D eigenvalue weighted by Gasteiger charge is 2.25. The fraction of sp³-hybridized carbons (Fsp3) is 0.784. The number of carboxylic acid groups (broad SMARTS) is 1. The van der Waals surface area contributed by atoms with Gasteiger partial charge in [-0.2, -0.15) is 0 Å². The molecule has 8 heteroatoms. The van der Waals surface area contributed by atoms with E-state index in [1.807, 2.05) is 0 Å². The molecule has 0 bridgehead atoms. The molecule has 0 aromatic rings. The molecule has 0 fully saturated rings. The SMILES string of the molecule is CC/C=C\C/C=C\C/C=C\C/C=C\CCCCCCCCC(=O)OC(COCCC(C(=O)[O-])[N+](C)(C)C)COC(=O)CCCCCCCCCCCCCCCCCC. The summed E-state index contributed by atoms with van der Waals surface area (Å²) in [5.41, 5.74) is 0. The molecule has 0 radical (unpaired) electrons. The van der Waals surface area contributed by atoms with Gasteiger partial charge in [-0.15, -0.1) is 0 Å². The fourth-order valence-corrected chi connectivity index (χ4v) is 7.00. The Bertz CT molecular complexity index is 1110. The number of ether oxygens (including phenoxy) is 3. The number of carboxylic acids is 1. The molecule has 0 aliphatic rings. The van der Waals surface area contributed by atoms with Crippen LogP contribution in [0, 0.1) is 0 Å². The Hall–Kier alpha value is -2.71. The van der Waals surface area contributed by atoms with Gasteiger partial charge in [-0.25, -0.2) is 0 Å². The quantitative estimate of drug-likeness (QED) is 0.0261. The van der Waals surface area contributed by atoms with Gasteiger partial charge < -0.3 is 28.6 Å². The minimum absolute atomic E-state index is 0.0360. The van der Waals surface area contributed by atoms with Crippen LogP contribution >= 0.6 is 0 Å². The van der Waals surface area contributed by atoms with E-state index in [0.717, 1.165) is 77.0 Å². The van der Waals surface area contributed by atoms with E-state index in [0.29, 0.717) is 12.8 Å². The molecule has 0 saturated heterocycles. The second-order valence-electron chi connectivity index (χ2n) is 17.3. The zero-order valence-electron chi connectivity index (χ0n) is 38.9. The summed E-state index contributed by atoms with van der Waals surface area (Å²) in [6.45, 7) is 4.55. The molecule has 2 unspecified atom stereocenters. The van der Waals surface area contributed by atoms with Crippen molar-refractivity contribution in [3.8, 4) is 0 Å². The lowest BCUT2D eigenvalue weighted by Crippen LogP contribution is -2.55. The number of nitrogens with zero attached hydrogens (tertiary/aromatic N) is 1. The van der Waals surface area contributed by atoms with Crippen molar-refractivity contribution < 1.29 is 38.2 Å². The molecule has 0 heterocycles. The molecule has 59 heavy (non-hydrogen) atoms. The fourth-order valence-electron chi connectivity index (χ4n) is 7.00. The molecule has 0 rings (SSSR count). The average molecular weight is 830 g/mol. The number of rotatable bonds is 43. The minimum Gasteiger partial charge on any atom is -0.544 e. The van der Waals surface area contributed by atoms with Gasteiger partial charge in [0.2, 0.25) is 0 Å². The van der Waals surface area contributed by atoms with Crippen molar-refractivity contribution in [3.63, 3.8) is 0 Å². The van der Waals surface area contributed by atoms with Crippen LogP contribution in [-0.4, -0.2) is 75.5 Å². The maximum absolute atomic E-state index is 12.8. The Labute approximate surface area is 363 Å². The maximum atomic E-state index is 12.8. The lowest BCUT2D eigenvalue weighted by Gasteiger charge is -2.34. The van der Waals surface area contributed by atoms with E-state index >= 15 is 0 Å². The summed E-state index contributed by atoms with van der Waals surface area (Å²) in [4.78, 5) is 37.0. The van der Waals surface area contributed by atoms with Crippen LogP contribution in [-0.2, 0) is 28.6 Å². The third kappa shape index (κ3) is 40.5. The summed E-state index contributed by atoms with van der Waals surface area (Å²) in [5, 5.41) is 11.6. The highest BCUT2D eigenvalue weighted by molar-refractivity contribution is 5.70. The number of unbranched alkanes of at least 4 members (excludes halogenated alkanes) is 21. The van der Waals surface area contributed by atoms with Gasteiger partial charge in [0.15, 0.2) is 6.10 Å². The molecule has 0 amide bonds. The molecule has 0 spiro atoms. The van der Waals surface area contributed by atoms with E-state index in [2.05, 4.69) is 62.5 Å². The monoisotopic (exact) mass is 830 g/mol. The molecular formula is C51H91NO7. The minimum atomic E-state index is -1.13. The standard InChI is InChI=1S/C51H91NO7/c1-6-8-10-12-14-16-18-20-22-24-25-26-28-30-32-34-36-38-40-42-50(54)59-47(45-57-44-43-48(51(55)56)52(3,4)5)46-58-49(53)41-39-37-35-33-31-29-27-23-21-19-17-15-13-11-9-7-2/h8,10,14,16,20,22,25-26,47-48H,6-7,9,11-13,15,17-19,21,23-24,27-46H2,1-5H3/b10-8-,16-14-,22-20-,26-25-. The summed E-state index contributed by atoms with van der Waals surface area (Å²) >= 11 is 0. The number of aliphatic carboxylic acids is 1. The number of allylic oxidation sites excluding steroid dienone is 8. The molecule has 0 aliphatic heterocycles. The topological polar surface area (TPSA) is 102 Å². The van der Waals surface area contributed by atoms with Crippen molar-refractivity contribution in [2.75, 3.05) is 41.0 Å². The van der Waals surface area contributed by atoms with Gasteiger partial charge in [-0.1, -0.05) is 184 Å². The molecule has 2 atom stereocenters. The van der Waals surface area contributed by atoms with Crippen LogP contribution in [0.15, 0.2) is 48.6 Å². The molecule has 0 N–H and O–H groups in total. The van der Waals surface area contributed by atoms with Crippen molar-refractivity contribution in [1.82, 2.24) is 0 Å². The van der Waals surface area contributed by atoms with Crippen LogP contribution in [0.25, 0.3) is 0 Å². The number of carbonyl (C=O) groups excluding carboxylic acids is 3. The molecule has 8 nitrogen and oxygen atoms in total. The number of carbonyl (C=O) groups is 3. The zero-order chi connectivity index (χ0) is 43.5. The highest BCUT2D eigenvalue weighted by atomic mass is 16.6. The summed E-state index contributed by atoms with van der Waals surface area (Å²) in [6, 6.07) is -0.728. The molecule has 0 aromatic carbocycles. The Balaban J connectivity index is 4.31. The first-order chi connectivity index (χ1) is 28.6. The van der Waals surface area contributed by atoms with Crippen LogP contribution in [0.2, 0.25) is 0 Å². The predicted octanol–water partition coefficient (Wildman–Crippen LogP) is 12.3. The van der Waals surface area contributed by atoms with E-state index < -0.39 is 18.1 Å². The van der Waals surface area contributed by atoms with Gasteiger partial charge in [-0.05, 0) is 51.4 Å². The first-order valence-electron chi connectivity index (χ1n) is 24.2. The second-order valence-corrected chi connectivity index (χ2v) is 17.3. The zero-order valence-corrected chi connectivity index (χ0v) is 38.9. The molecule has 0 saturated carbocycles. The number of quaternary nitrogens is 1. The number of hydrogen-bond acceptors (Lipinski definition) is 7. The van der Waals surface area contributed by atoms with Crippen molar-refractivity contribution in [2.45, 2.75) is 219 Å². The van der Waals surface area contributed by atoms with Gasteiger partial charge >= 0.3 is 11.9 Å². The second kappa shape index (κ2) is 42.0. The van der Waals surface area contributed by atoms with E-state index in [-0.39, 0.29) is 42.7 Å². The lowest BCUT2D eigenvalue weighted by molar-refractivity contribution is -0.889. The molecule has 342 valence electrons. The van der Waals surface area contributed by atoms with Crippen LogP contribution in [0.3, 0.4) is 0 Å². The molecular weight excluding hydrogens is 739 g/mol. The lowest BCUT2D eigenvalue weighted by atomic mass is 10.0. The third-order valence-electron chi connectivity index (χ3n) is 10.7. The van der Waals surface area contributed by atoms with E-state index in [1.165, 1.54) is 96.3 Å². The first-order valence-corrected chi connectivity index (χ1v) is 24.2. The number of esters is 2. The Morgan fingerprint density at radius 2 is 0.949 bits per heavy atom. The van der Waals surface area contributed by atoms with Crippen LogP contribution in [0.5, 0.6) is 0 Å². The van der Waals surface area contributed by atoms with Gasteiger partial charge in [0, 0.05) is 19.3 Å². The van der Waals surface area contributed by atoms with Crippen molar-refractivity contribution >= 4 is 17.9 Å². The van der Waals surface area contributed by atoms with E-state index in [1.54, 1.807) is 21.1 Å². The Kier molecular flexibility index (Phi) is 40.1. The van der Waals surface area contributed by atoms with E-state index in [4.69, 9.17) is 14.2 Å². The smallest absolute Gasteiger partial charge is 0.306 e. The first kappa shape index (κ1) is 56.3. The molecule has 0 aliphatic carbocycles. The highest BCUT2D eigenvalue weighted by Crippen LogP contribution is 2.15. The van der Waals surface area contributed by atoms with Gasteiger partial charge in [0.25, 0.3) is 0 Å². The average Bonchev–Trinajstić information content (AvgIpc) is 3.19. The molecule has 0 aromatic heterocycles. The number of hydrogen-bond donors (Lipinski definition) is 0. The van der Waals surface area contributed by atoms with E-state index in [9.17, 15) is 19.5 Å². The van der Waals surface area contributed by atoms with Gasteiger partial charge in [-0.3, -0.25) is 9.59 Å². The normalized spacial score (nSPS) is 13.3. The largest absolute Gasteiger partial charge is 0.544 e. The predicted molar refractivity (Wildman–Crippen MR) is 245 cm³/mol. The summed E-state index contributed by atoms with van der Waals surface area (Å²) in [7, 11) is 5.41. The van der Waals surface area contributed by atoms with Gasteiger partial charge in [0.05, 0.1) is 40.3 Å². The summed E-state index contributed by atoms with van der Waals surface area (Å²) in [5.74, 6) is -1.75.